The van der Waals surface area contributed by atoms with Crippen LogP contribution < -0.4 is 15.1 Å². The molecule has 238 valence electrons. The Morgan fingerprint density at radius 1 is 0.592 bits per heavy atom. The quantitative estimate of drug-likeness (QED) is 0.310. The van der Waals surface area contributed by atoms with Gasteiger partial charge in [-0.15, -0.1) is 0 Å². The minimum absolute atomic E-state index is 0.295. The zero-order valence-corrected chi connectivity index (χ0v) is 27.5. The van der Waals surface area contributed by atoms with Gasteiger partial charge in [0.05, 0.1) is 12.1 Å². The first-order valence-corrected chi connectivity index (χ1v) is 18.2. The van der Waals surface area contributed by atoms with Crippen LogP contribution in [0.3, 0.4) is 0 Å². The van der Waals surface area contributed by atoms with E-state index in [9.17, 15) is 0 Å². The Morgan fingerprint density at radius 3 is 2.16 bits per heavy atom. The third-order valence-corrected chi connectivity index (χ3v) is 12.3. The Labute approximate surface area is 289 Å². The van der Waals surface area contributed by atoms with Gasteiger partial charge >= 0.3 is 0 Å². The van der Waals surface area contributed by atoms with Crippen LogP contribution in [-0.2, 0) is 0 Å². The van der Waals surface area contributed by atoms with E-state index in [1.54, 1.807) is 5.57 Å². The van der Waals surface area contributed by atoms with Crippen molar-refractivity contribution in [1.82, 2.24) is 5.32 Å². The van der Waals surface area contributed by atoms with Crippen molar-refractivity contribution in [3.05, 3.63) is 191 Å². The molecule has 0 aromatic heterocycles. The first-order valence-electron chi connectivity index (χ1n) is 18.2. The van der Waals surface area contributed by atoms with Gasteiger partial charge in [0.25, 0.3) is 0 Å². The highest BCUT2D eigenvalue weighted by Gasteiger charge is 2.43. The molecule has 0 radical (unpaired) electrons. The van der Waals surface area contributed by atoms with Crippen molar-refractivity contribution >= 4 is 11.4 Å². The summed E-state index contributed by atoms with van der Waals surface area (Å²) >= 11 is 0. The smallest absolute Gasteiger partial charge is 0.0627 e. The molecule has 3 aromatic carbocycles. The fourth-order valence-corrected chi connectivity index (χ4v) is 10.2. The largest absolute Gasteiger partial charge is 0.389 e. The minimum Gasteiger partial charge on any atom is -0.389 e. The summed E-state index contributed by atoms with van der Waals surface area (Å²) in [6.07, 6.45) is 37.2. The van der Waals surface area contributed by atoms with Gasteiger partial charge in [0.1, 0.15) is 0 Å². The summed E-state index contributed by atoms with van der Waals surface area (Å²) in [6, 6.07) is 24.3. The Kier molecular flexibility index (Phi) is 5.99. The summed E-state index contributed by atoms with van der Waals surface area (Å²) in [6.45, 7) is 1.02. The van der Waals surface area contributed by atoms with Crippen LogP contribution in [0.2, 0.25) is 0 Å². The second kappa shape index (κ2) is 10.6. The van der Waals surface area contributed by atoms with Gasteiger partial charge in [-0.25, -0.2) is 0 Å². The lowest BCUT2D eigenvalue weighted by molar-refractivity contribution is 0.643. The van der Waals surface area contributed by atoms with E-state index in [0.29, 0.717) is 41.7 Å². The molecule has 7 unspecified atom stereocenters. The number of allylic oxidation sites excluding steroid dienone is 10. The molecule has 11 rings (SSSR count). The van der Waals surface area contributed by atoms with Crippen LogP contribution in [0.4, 0.5) is 11.4 Å². The molecule has 1 N–H and O–H groups in total. The van der Waals surface area contributed by atoms with Gasteiger partial charge in [0.15, 0.2) is 0 Å². The van der Waals surface area contributed by atoms with E-state index in [1.807, 2.05) is 0 Å². The molecule has 7 atom stereocenters. The molecule has 0 saturated carbocycles. The van der Waals surface area contributed by atoms with Gasteiger partial charge in [0, 0.05) is 71.5 Å². The van der Waals surface area contributed by atoms with Crippen molar-refractivity contribution in [2.24, 2.45) is 5.92 Å². The highest BCUT2D eigenvalue weighted by molar-refractivity contribution is 5.80. The summed E-state index contributed by atoms with van der Waals surface area (Å²) in [4.78, 5) is 5.25. The van der Waals surface area contributed by atoms with Crippen molar-refractivity contribution in [2.45, 2.75) is 48.6 Å². The monoisotopic (exact) mass is 633 g/mol. The van der Waals surface area contributed by atoms with Crippen molar-refractivity contribution in [2.75, 3.05) is 16.3 Å². The molecular formula is C46H39N3. The second-order valence-electron chi connectivity index (χ2n) is 14.7. The second-order valence-corrected chi connectivity index (χ2v) is 14.7. The van der Waals surface area contributed by atoms with Crippen LogP contribution in [0.1, 0.15) is 58.8 Å². The maximum atomic E-state index is 3.47. The first kappa shape index (κ1) is 27.6. The summed E-state index contributed by atoms with van der Waals surface area (Å²) < 4.78 is 0. The third-order valence-electron chi connectivity index (χ3n) is 12.3. The van der Waals surface area contributed by atoms with E-state index in [4.69, 9.17) is 0 Å². The summed E-state index contributed by atoms with van der Waals surface area (Å²) in [7, 11) is 0. The van der Waals surface area contributed by atoms with E-state index in [0.717, 1.165) is 19.4 Å². The highest BCUT2D eigenvalue weighted by atomic mass is 15.2. The normalized spacial score (nSPS) is 30.4. The van der Waals surface area contributed by atoms with Crippen molar-refractivity contribution in [3.8, 4) is 11.1 Å². The Bertz CT molecular complexity index is 2200. The van der Waals surface area contributed by atoms with Crippen LogP contribution in [-0.4, -0.2) is 18.6 Å². The van der Waals surface area contributed by atoms with Gasteiger partial charge in [-0.1, -0.05) is 121 Å². The number of rotatable bonds is 3. The molecule has 5 aliphatic carbocycles. The zero-order valence-electron chi connectivity index (χ0n) is 27.5. The average Bonchev–Trinajstić information content (AvgIpc) is 3.89. The molecule has 3 nitrogen and oxygen atoms in total. The number of fused-ring (bicyclic) bond motifs is 11. The van der Waals surface area contributed by atoms with Gasteiger partial charge in [-0.3, -0.25) is 0 Å². The molecule has 0 spiro atoms. The highest BCUT2D eigenvalue weighted by Crippen LogP contribution is 2.53. The van der Waals surface area contributed by atoms with Gasteiger partial charge in [0.2, 0.25) is 0 Å². The van der Waals surface area contributed by atoms with Crippen molar-refractivity contribution in [3.63, 3.8) is 0 Å². The summed E-state index contributed by atoms with van der Waals surface area (Å²) in [5.41, 5.74) is 15.6. The van der Waals surface area contributed by atoms with Crippen molar-refractivity contribution < 1.29 is 0 Å². The topological polar surface area (TPSA) is 18.5 Å². The molecule has 3 aromatic rings. The van der Waals surface area contributed by atoms with Gasteiger partial charge < -0.3 is 15.1 Å². The Balaban J connectivity index is 0.963. The van der Waals surface area contributed by atoms with Crippen LogP contribution in [0, 0.1) is 5.92 Å². The molecule has 8 aliphatic rings. The maximum Gasteiger partial charge on any atom is 0.0627 e. The molecule has 3 aliphatic heterocycles. The fourth-order valence-electron chi connectivity index (χ4n) is 10.2. The Hall–Kier alpha value is -5.28. The summed E-state index contributed by atoms with van der Waals surface area (Å²) in [5, 5.41) is 3.47. The predicted octanol–water partition coefficient (Wildman–Crippen LogP) is 9.82. The van der Waals surface area contributed by atoms with Crippen LogP contribution in [0.5, 0.6) is 0 Å². The number of anilines is 2. The minimum atomic E-state index is 0.295. The first-order chi connectivity index (χ1) is 24.3. The molecule has 0 amide bonds. The van der Waals surface area contributed by atoms with Crippen molar-refractivity contribution in [1.29, 1.82) is 0 Å². The predicted molar refractivity (Wildman–Crippen MR) is 202 cm³/mol. The molecule has 0 bridgehead atoms. The van der Waals surface area contributed by atoms with Gasteiger partial charge in [-0.2, -0.15) is 0 Å². The number of nitrogens with one attached hydrogen (secondary N) is 1. The molecule has 0 saturated heterocycles. The van der Waals surface area contributed by atoms with Crippen LogP contribution in [0.25, 0.3) is 11.1 Å². The standard InChI is InChI=1S/C46H39N3/c1-2-11-35-33(9-1)34-10-3-4-12-36(34)41-27-31(19-21-37(35)41)48-44-16-8-6-14-39(44)42-25-29(18-22-45(42)48)30-17-20-40-38-13-5-7-15-43(38)49(46(40)26-30)32-23-24-47-28-32/h1-22,26-29,34,36,38-39,43-44,47H,23-25H2. The lowest BCUT2D eigenvalue weighted by Gasteiger charge is -2.36. The number of hydrogen-bond acceptors (Lipinski definition) is 3. The third kappa shape index (κ3) is 4.02. The SMILES string of the molecule is C1=CC2C3=C(C=CC(c4ccc5c(c4)N(C4=CNCC4)C4C=CC=CC54)C3)N(c3ccc4c(c3)C3C=CC=CC3c3ccccc3-4)C2C=C1. The summed E-state index contributed by atoms with van der Waals surface area (Å²) in [5.74, 6) is 1.90. The molecule has 3 heterocycles. The lowest BCUT2D eigenvalue weighted by Crippen LogP contribution is -2.32. The number of benzene rings is 3. The fraction of sp³-hybridized carbons (Fsp3) is 0.217. The van der Waals surface area contributed by atoms with E-state index in [1.165, 1.54) is 56.1 Å². The van der Waals surface area contributed by atoms with Crippen LogP contribution in [0.15, 0.2) is 169 Å². The molecular weight excluding hydrogens is 595 g/mol. The molecule has 0 fully saturated rings. The molecule has 3 heteroatoms. The Morgan fingerprint density at radius 2 is 1.33 bits per heavy atom. The molecule has 49 heavy (non-hydrogen) atoms. The van der Waals surface area contributed by atoms with E-state index in [-0.39, 0.29) is 0 Å². The number of hydrogen-bond donors (Lipinski definition) is 1. The van der Waals surface area contributed by atoms with E-state index in [2.05, 4.69) is 167 Å². The maximum absolute atomic E-state index is 3.47. The zero-order chi connectivity index (χ0) is 32.1. The average molecular weight is 634 g/mol. The lowest BCUT2D eigenvalue weighted by atomic mass is 9.70. The van der Waals surface area contributed by atoms with Gasteiger partial charge in [-0.05, 0) is 69.6 Å². The van der Waals surface area contributed by atoms with Crippen LogP contribution >= 0.6 is 0 Å². The number of nitrogens with zero attached hydrogens (tertiary/aromatic N) is 2. The van der Waals surface area contributed by atoms with E-state index < -0.39 is 0 Å². The van der Waals surface area contributed by atoms with E-state index >= 15 is 0 Å².